The van der Waals surface area contributed by atoms with Gasteiger partial charge in [0.05, 0.1) is 7.11 Å². The van der Waals surface area contributed by atoms with Crippen molar-refractivity contribution in [1.29, 1.82) is 0 Å². The van der Waals surface area contributed by atoms with Crippen molar-refractivity contribution < 1.29 is 13.9 Å². The average molecular weight is 225 g/mol. The smallest absolute Gasteiger partial charge is 0.322 e. The SMILES string of the molecule is COC(=O)C(C)N[C@H](C)c1ccccc1F. The lowest BCUT2D eigenvalue weighted by molar-refractivity contribution is -0.142. The number of carbonyl (C=O) groups is 1. The number of ether oxygens (including phenoxy) is 1. The van der Waals surface area contributed by atoms with Crippen LogP contribution in [-0.2, 0) is 9.53 Å². The molecule has 1 unspecified atom stereocenters. The van der Waals surface area contributed by atoms with Gasteiger partial charge in [0.1, 0.15) is 11.9 Å². The van der Waals surface area contributed by atoms with E-state index in [1.807, 2.05) is 0 Å². The van der Waals surface area contributed by atoms with Crippen LogP contribution in [0.3, 0.4) is 0 Å². The molecule has 0 aromatic heterocycles. The Morgan fingerprint density at radius 3 is 2.56 bits per heavy atom. The van der Waals surface area contributed by atoms with E-state index < -0.39 is 6.04 Å². The highest BCUT2D eigenvalue weighted by Gasteiger charge is 2.17. The summed E-state index contributed by atoms with van der Waals surface area (Å²) in [6.45, 7) is 3.49. The second-order valence-electron chi connectivity index (χ2n) is 3.65. The second-order valence-corrected chi connectivity index (χ2v) is 3.65. The quantitative estimate of drug-likeness (QED) is 0.797. The molecule has 0 aliphatic carbocycles. The molecule has 0 aliphatic heterocycles. The van der Waals surface area contributed by atoms with E-state index in [9.17, 15) is 9.18 Å². The second kappa shape index (κ2) is 5.61. The zero-order valence-electron chi connectivity index (χ0n) is 9.66. The van der Waals surface area contributed by atoms with Crippen LogP contribution < -0.4 is 5.32 Å². The van der Waals surface area contributed by atoms with Gasteiger partial charge in [-0.2, -0.15) is 0 Å². The molecule has 0 saturated carbocycles. The zero-order chi connectivity index (χ0) is 12.1. The lowest BCUT2D eigenvalue weighted by atomic mass is 10.1. The van der Waals surface area contributed by atoms with Crippen LogP contribution in [0.4, 0.5) is 4.39 Å². The van der Waals surface area contributed by atoms with Crippen molar-refractivity contribution in [1.82, 2.24) is 5.32 Å². The van der Waals surface area contributed by atoms with Gasteiger partial charge in [0.15, 0.2) is 0 Å². The van der Waals surface area contributed by atoms with Gasteiger partial charge in [-0.1, -0.05) is 18.2 Å². The first-order valence-corrected chi connectivity index (χ1v) is 5.14. The van der Waals surface area contributed by atoms with Crippen LogP contribution in [0.15, 0.2) is 24.3 Å². The minimum atomic E-state index is -0.459. The molecule has 0 bridgehead atoms. The molecule has 4 heteroatoms. The number of hydrogen-bond donors (Lipinski definition) is 1. The molecule has 0 radical (unpaired) electrons. The molecule has 0 fully saturated rings. The van der Waals surface area contributed by atoms with Crippen molar-refractivity contribution in [3.63, 3.8) is 0 Å². The Hall–Kier alpha value is -1.42. The van der Waals surface area contributed by atoms with E-state index in [2.05, 4.69) is 10.1 Å². The summed E-state index contributed by atoms with van der Waals surface area (Å²) in [5.74, 6) is -0.636. The third-order valence-electron chi connectivity index (χ3n) is 2.43. The van der Waals surface area contributed by atoms with Gasteiger partial charge in [-0.25, -0.2) is 4.39 Å². The minimum Gasteiger partial charge on any atom is -0.468 e. The Morgan fingerprint density at radius 1 is 1.38 bits per heavy atom. The Labute approximate surface area is 94.6 Å². The van der Waals surface area contributed by atoms with Crippen LogP contribution in [0, 0.1) is 5.82 Å². The first-order valence-electron chi connectivity index (χ1n) is 5.14. The molecule has 0 heterocycles. The Bertz CT molecular complexity index is 368. The van der Waals surface area contributed by atoms with Crippen LogP contribution in [0.25, 0.3) is 0 Å². The topological polar surface area (TPSA) is 38.3 Å². The molecule has 0 amide bonds. The molecule has 1 aromatic rings. The van der Waals surface area contributed by atoms with Gasteiger partial charge in [-0.05, 0) is 19.9 Å². The fraction of sp³-hybridized carbons (Fsp3) is 0.417. The van der Waals surface area contributed by atoms with E-state index in [-0.39, 0.29) is 17.8 Å². The molecule has 88 valence electrons. The summed E-state index contributed by atoms with van der Waals surface area (Å²) >= 11 is 0. The number of methoxy groups -OCH3 is 1. The summed E-state index contributed by atoms with van der Waals surface area (Å²) in [6, 6.07) is 5.79. The molecular formula is C12H16FNO2. The first kappa shape index (κ1) is 12.6. The van der Waals surface area contributed by atoms with Gasteiger partial charge in [-0.15, -0.1) is 0 Å². The molecule has 2 atom stereocenters. The van der Waals surface area contributed by atoms with Crippen LogP contribution in [-0.4, -0.2) is 19.1 Å². The van der Waals surface area contributed by atoms with E-state index in [1.54, 1.807) is 32.0 Å². The number of hydrogen-bond acceptors (Lipinski definition) is 3. The Kier molecular flexibility index (Phi) is 4.43. The molecule has 3 nitrogen and oxygen atoms in total. The summed E-state index contributed by atoms with van der Waals surface area (Å²) in [6.07, 6.45) is 0. The molecule has 0 saturated heterocycles. The molecule has 1 rings (SSSR count). The van der Waals surface area contributed by atoms with Crippen molar-refractivity contribution in [2.24, 2.45) is 0 Å². The number of nitrogens with one attached hydrogen (secondary N) is 1. The Morgan fingerprint density at radius 2 is 2.00 bits per heavy atom. The lowest BCUT2D eigenvalue weighted by Gasteiger charge is -2.18. The van der Waals surface area contributed by atoms with Gasteiger partial charge in [0.2, 0.25) is 0 Å². The van der Waals surface area contributed by atoms with E-state index in [4.69, 9.17) is 0 Å². The maximum Gasteiger partial charge on any atom is 0.322 e. The first-order chi connectivity index (χ1) is 7.56. The third kappa shape index (κ3) is 3.03. The van der Waals surface area contributed by atoms with Gasteiger partial charge >= 0.3 is 5.97 Å². The number of rotatable bonds is 4. The summed E-state index contributed by atoms with van der Waals surface area (Å²) in [7, 11) is 1.33. The van der Waals surface area contributed by atoms with E-state index in [0.717, 1.165) is 0 Å². The van der Waals surface area contributed by atoms with Crippen LogP contribution in [0.2, 0.25) is 0 Å². The Balaban J connectivity index is 2.69. The number of benzene rings is 1. The number of esters is 1. The van der Waals surface area contributed by atoms with Gasteiger partial charge in [0, 0.05) is 11.6 Å². The van der Waals surface area contributed by atoms with Crippen molar-refractivity contribution in [2.75, 3.05) is 7.11 Å². The number of carbonyl (C=O) groups excluding carboxylic acids is 1. The van der Waals surface area contributed by atoms with E-state index in [0.29, 0.717) is 5.56 Å². The monoisotopic (exact) mass is 225 g/mol. The predicted octanol–water partition coefficient (Wildman–Crippen LogP) is 2.04. The normalized spacial score (nSPS) is 14.2. The van der Waals surface area contributed by atoms with Crippen molar-refractivity contribution >= 4 is 5.97 Å². The standard InChI is InChI=1S/C12H16FNO2/c1-8(14-9(2)12(15)16-3)10-6-4-5-7-11(10)13/h4-9,14H,1-3H3/t8-,9?/m1/s1. The van der Waals surface area contributed by atoms with Crippen LogP contribution in [0.1, 0.15) is 25.5 Å². The van der Waals surface area contributed by atoms with Crippen molar-refractivity contribution in [3.05, 3.63) is 35.6 Å². The fourth-order valence-electron chi connectivity index (χ4n) is 1.54. The fourth-order valence-corrected chi connectivity index (χ4v) is 1.54. The van der Waals surface area contributed by atoms with E-state index >= 15 is 0 Å². The zero-order valence-corrected chi connectivity index (χ0v) is 9.66. The highest BCUT2D eigenvalue weighted by Crippen LogP contribution is 2.16. The van der Waals surface area contributed by atoms with Crippen LogP contribution >= 0.6 is 0 Å². The van der Waals surface area contributed by atoms with Gasteiger partial charge < -0.3 is 4.74 Å². The van der Waals surface area contributed by atoms with Gasteiger partial charge in [0.25, 0.3) is 0 Å². The van der Waals surface area contributed by atoms with Gasteiger partial charge in [-0.3, -0.25) is 10.1 Å². The maximum atomic E-state index is 13.4. The van der Waals surface area contributed by atoms with Crippen molar-refractivity contribution in [2.45, 2.75) is 25.9 Å². The average Bonchev–Trinajstić information content (AvgIpc) is 2.28. The molecule has 1 aromatic carbocycles. The molecule has 1 N–H and O–H groups in total. The highest BCUT2D eigenvalue weighted by atomic mass is 19.1. The largest absolute Gasteiger partial charge is 0.468 e. The predicted molar refractivity (Wildman–Crippen MR) is 59.4 cm³/mol. The lowest BCUT2D eigenvalue weighted by Crippen LogP contribution is -2.36. The molecular weight excluding hydrogens is 209 g/mol. The van der Waals surface area contributed by atoms with Crippen molar-refractivity contribution in [3.8, 4) is 0 Å². The van der Waals surface area contributed by atoms with Crippen LogP contribution in [0.5, 0.6) is 0 Å². The molecule has 16 heavy (non-hydrogen) atoms. The highest BCUT2D eigenvalue weighted by molar-refractivity contribution is 5.75. The van der Waals surface area contributed by atoms with E-state index in [1.165, 1.54) is 13.2 Å². The summed E-state index contributed by atoms with van der Waals surface area (Å²) < 4.78 is 18.0. The summed E-state index contributed by atoms with van der Waals surface area (Å²) in [5.41, 5.74) is 0.540. The number of halogens is 1. The minimum absolute atomic E-state index is 0.240. The summed E-state index contributed by atoms with van der Waals surface area (Å²) in [4.78, 5) is 11.2. The molecule has 0 aliphatic rings. The molecule has 0 spiro atoms. The maximum absolute atomic E-state index is 13.4. The third-order valence-corrected chi connectivity index (χ3v) is 2.43. The summed E-state index contributed by atoms with van der Waals surface area (Å²) in [5, 5.41) is 2.97.